The lowest BCUT2D eigenvalue weighted by Gasteiger charge is -2.28. The van der Waals surface area contributed by atoms with E-state index in [1.807, 2.05) is 12.1 Å². The van der Waals surface area contributed by atoms with E-state index in [0.717, 1.165) is 39.0 Å². The van der Waals surface area contributed by atoms with Crippen molar-refractivity contribution < 1.29 is 4.42 Å². The van der Waals surface area contributed by atoms with E-state index in [2.05, 4.69) is 170 Å². The lowest BCUT2D eigenvalue weighted by atomic mass is 9.82. The molecule has 0 saturated carbocycles. The molecule has 0 amide bonds. The maximum Gasteiger partial charge on any atom is 0.135 e. The number of fused-ring (bicyclic) bond motifs is 6. The fourth-order valence-electron chi connectivity index (χ4n) is 7.44. The third-order valence-electron chi connectivity index (χ3n) is 9.87. The smallest absolute Gasteiger partial charge is 0.135 e. The Balaban J connectivity index is 1.16. The summed E-state index contributed by atoms with van der Waals surface area (Å²) in [5, 5.41) is 2.29. The molecule has 0 unspecified atom stereocenters. The highest BCUT2D eigenvalue weighted by molar-refractivity contribution is 6.06. The van der Waals surface area contributed by atoms with Crippen LogP contribution >= 0.6 is 0 Å². The number of para-hydroxylation sites is 1. The van der Waals surface area contributed by atoms with Crippen LogP contribution in [0.15, 0.2) is 168 Å². The summed E-state index contributed by atoms with van der Waals surface area (Å²) in [5.41, 5.74) is 15.3. The zero-order valence-corrected chi connectivity index (χ0v) is 26.4. The van der Waals surface area contributed by atoms with E-state index >= 15 is 0 Å². The molecule has 1 aliphatic carbocycles. The molecule has 47 heavy (non-hydrogen) atoms. The van der Waals surface area contributed by atoms with Gasteiger partial charge in [0.1, 0.15) is 11.2 Å². The van der Waals surface area contributed by atoms with Crippen LogP contribution in [0.1, 0.15) is 25.0 Å². The summed E-state index contributed by atoms with van der Waals surface area (Å²) in [5.74, 6) is 0. The molecule has 0 N–H and O–H groups in total. The van der Waals surface area contributed by atoms with E-state index in [1.165, 1.54) is 44.5 Å². The van der Waals surface area contributed by atoms with Gasteiger partial charge in [-0.2, -0.15) is 0 Å². The van der Waals surface area contributed by atoms with Gasteiger partial charge in [0, 0.05) is 33.2 Å². The van der Waals surface area contributed by atoms with Crippen LogP contribution in [0.2, 0.25) is 0 Å². The molecule has 0 radical (unpaired) electrons. The van der Waals surface area contributed by atoms with Gasteiger partial charge in [-0.05, 0) is 99.1 Å². The van der Waals surface area contributed by atoms with E-state index in [1.54, 1.807) is 0 Å². The van der Waals surface area contributed by atoms with Crippen molar-refractivity contribution in [3.8, 4) is 33.4 Å². The number of nitrogens with zero attached hydrogens (tertiary/aromatic N) is 1. The Bertz CT molecular complexity index is 2430. The minimum atomic E-state index is -0.0841. The predicted molar refractivity (Wildman–Crippen MR) is 197 cm³/mol. The number of benzene rings is 7. The second kappa shape index (κ2) is 10.6. The Kier molecular flexibility index (Phi) is 6.20. The van der Waals surface area contributed by atoms with Crippen LogP contribution < -0.4 is 4.90 Å². The van der Waals surface area contributed by atoms with Gasteiger partial charge in [-0.1, -0.05) is 123 Å². The molecule has 0 bridgehead atoms. The summed E-state index contributed by atoms with van der Waals surface area (Å²) in [4.78, 5) is 2.39. The van der Waals surface area contributed by atoms with Crippen molar-refractivity contribution in [2.45, 2.75) is 19.3 Å². The van der Waals surface area contributed by atoms with Crippen LogP contribution in [0.3, 0.4) is 0 Å². The van der Waals surface area contributed by atoms with Gasteiger partial charge in [0.05, 0.1) is 0 Å². The molecule has 0 aliphatic heterocycles. The van der Waals surface area contributed by atoms with Crippen molar-refractivity contribution in [3.05, 3.63) is 175 Å². The van der Waals surface area contributed by atoms with Gasteiger partial charge < -0.3 is 9.32 Å². The largest absolute Gasteiger partial charge is 0.456 e. The van der Waals surface area contributed by atoms with Crippen molar-refractivity contribution in [3.63, 3.8) is 0 Å². The molecule has 8 aromatic rings. The molecule has 9 rings (SSSR count). The molecule has 0 spiro atoms. The minimum absolute atomic E-state index is 0.0841. The van der Waals surface area contributed by atoms with E-state index in [9.17, 15) is 0 Å². The third-order valence-corrected chi connectivity index (χ3v) is 9.87. The number of anilines is 3. The van der Waals surface area contributed by atoms with Crippen molar-refractivity contribution >= 4 is 39.0 Å². The zero-order chi connectivity index (χ0) is 31.5. The Morgan fingerprint density at radius 2 is 1.02 bits per heavy atom. The van der Waals surface area contributed by atoms with Crippen molar-refractivity contribution in [2.75, 3.05) is 4.90 Å². The van der Waals surface area contributed by atoms with Gasteiger partial charge in [-0.3, -0.25) is 0 Å². The van der Waals surface area contributed by atoms with Crippen molar-refractivity contribution in [2.24, 2.45) is 0 Å². The summed E-state index contributed by atoms with van der Waals surface area (Å²) < 4.78 is 6.09. The first kappa shape index (κ1) is 27.5. The average molecular weight is 604 g/mol. The molecule has 1 aromatic heterocycles. The van der Waals surface area contributed by atoms with Gasteiger partial charge in [0.2, 0.25) is 0 Å². The Morgan fingerprint density at radius 3 is 1.89 bits per heavy atom. The molecule has 1 heterocycles. The highest BCUT2D eigenvalue weighted by Crippen LogP contribution is 2.50. The van der Waals surface area contributed by atoms with Crippen LogP contribution in [-0.4, -0.2) is 0 Å². The molecule has 0 fully saturated rings. The van der Waals surface area contributed by atoms with E-state index in [-0.39, 0.29) is 5.41 Å². The second-order valence-corrected chi connectivity index (χ2v) is 13.0. The Hall–Kier alpha value is -5.86. The third kappa shape index (κ3) is 4.48. The number of furan rings is 1. The van der Waals surface area contributed by atoms with Crippen LogP contribution in [0.5, 0.6) is 0 Å². The first-order valence-electron chi connectivity index (χ1n) is 16.3. The molecule has 224 valence electrons. The lowest BCUT2D eigenvalue weighted by Crippen LogP contribution is -2.16. The Labute approximate surface area is 275 Å². The quantitative estimate of drug-likeness (QED) is 0.195. The highest BCUT2D eigenvalue weighted by atomic mass is 16.3. The van der Waals surface area contributed by atoms with E-state index < -0.39 is 0 Å². The van der Waals surface area contributed by atoms with Crippen molar-refractivity contribution in [1.29, 1.82) is 0 Å². The van der Waals surface area contributed by atoms with Crippen LogP contribution in [-0.2, 0) is 5.41 Å². The molecule has 2 heteroatoms. The monoisotopic (exact) mass is 603 g/mol. The summed E-state index contributed by atoms with van der Waals surface area (Å²) >= 11 is 0. The van der Waals surface area contributed by atoms with E-state index in [4.69, 9.17) is 4.42 Å². The summed E-state index contributed by atoms with van der Waals surface area (Å²) in [6, 6.07) is 59.0. The zero-order valence-electron chi connectivity index (χ0n) is 26.4. The fourth-order valence-corrected chi connectivity index (χ4v) is 7.44. The molecular weight excluding hydrogens is 571 g/mol. The minimum Gasteiger partial charge on any atom is -0.456 e. The predicted octanol–water partition coefficient (Wildman–Crippen LogP) is 12.7. The van der Waals surface area contributed by atoms with Crippen LogP contribution in [0.4, 0.5) is 17.1 Å². The summed E-state index contributed by atoms with van der Waals surface area (Å²) in [6.07, 6.45) is 0. The van der Waals surface area contributed by atoms with Crippen molar-refractivity contribution in [1.82, 2.24) is 0 Å². The second-order valence-electron chi connectivity index (χ2n) is 13.0. The topological polar surface area (TPSA) is 16.4 Å². The fraction of sp³-hybridized carbons (Fsp3) is 0.0667. The lowest BCUT2D eigenvalue weighted by molar-refractivity contribution is 0.660. The summed E-state index contributed by atoms with van der Waals surface area (Å²) in [7, 11) is 0. The molecule has 0 saturated heterocycles. The normalized spacial score (nSPS) is 13.1. The number of hydrogen-bond donors (Lipinski definition) is 0. The molecule has 7 aromatic carbocycles. The number of rotatable bonds is 5. The molecule has 2 nitrogen and oxygen atoms in total. The van der Waals surface area contributed by atoms with Gasteiger partial charge in [-0.25, -0.2) is 0 Å². The molecular formula is C45H33NO. The van der Waals surface area contributed by atoms with Gasteiger partial charge in [0.15, 0.2) is 0 Å². The van der Waals surface area contributed by atoms with Crippen LogP contribution in [0.25, 0.3) is 55.3 Å². The maximum atomic E-state index is 6.09. The SMILES string of the molecule is CC1(C)c2ccccc2-c2ccc(N(c3ccc(-c4ccc5oc6ccccc6c5c4)cc3)c3cccc(-c4ccccc4)c3)cc21. The highest BCUT2D eigenvalue weighted by Gasteiger charge is 2.35. The molecule has 0 atom stereocenters. The number of hydrogen-bond acceptors (Lipinski definition) is 2. The molecule has 1 aliphatic rings. The van der Waals surface area contributed by atoms with E-state index in [0.29, 0.717) is 0 Å². The summed E-state index contributed by atoms with van der Waals surface area (Å²) in [6.45, 7) is 4.69. The van der Waals surface area contributed by atoms with Gasteiger partial charge in [-0.15, -0.1) is 0 Å². The van der Waals surface area contributed by atoms with Gasteiger partial charge in [0.25, 0.3) is 0 Å². The Morgan fingerprint density at radius 1 is 0.404 bits per heavy atom. The van der Waals surface area contributed by atoms with Crippen LogP contribution in [0, 0.1) is 0 Å². The average Bonchev–Trinajstić information content (AvgIpc) is 3.61. The maximum absolute atomic E-state index is 6.09. The first-order valence-corrected chi connectivity index (χ1v) is 16.3. The first-order chi connectivity index (χ1) is 23.0. The standard InChI is InChI=1S/C45H33NO/c1-45(2)41-17-8-6-15-37(41)38-25-24-36(29-42(38)45)46(35-14-10-13-32(27-35)30-11-4-3-5-12-30)34-22-19-31(20-23-34)33-21-26-44-40(28-33)39-16-7-9-18-43(39)47-44/h3-29H,1-2H3. The van der Waals surface area contributed by atoms with Gasteiger partial charge >= 0.3 is 0 Å².